The van der Waals surface area contributed by atoms with E-state index in [0.29, 0.717) is 0 Å². The molecule has 0 amide bonds. The fraction of sp³-hybridized carbons (Fsp3) is 1.00. The van der Waals surface area contributed by atoms with Gasteiger partial charge in [0.15, 0.2) is 0 Å². The second-order valence-electron chi connectivity index (χ2n) is 4.09. The molecule has 0 bridgehead atoms. The van der Waals surface area contributed by atoms with E-state index in [1.165, 1.54) is 0 Å². The Kier molecular flexibility index (Phi) is 6.91. The van der Waals surface area contributed by atoms with Crippen molar-refractivity contribution in [2.24, 2.45) is 0 Å². The summed E-state index contributed by atoms with van der Waals surface area (Å²) in [6.07, 6.45) is 0. The van der Waals surface area contributed by atoms with Gasteiger partial charge in [0.1, 0.15) is 0 Å². The van der Waals surface area contributed by atoms with Crippen LogP contribution in [0.4, 0.5) is 0 Å². The molecule has 0 radical (unpaired) electrons. The average molecular weight is 487 g/mol. The topological polar surface area (TPSA) is 0 Å². The van der Waals surface area contributed by atoms with E-state index in [-0.39, 0.29) is 0 Å². The van der Waals surface area contributed by atoms with E-state index in [1.807, 2.05) is 0 Å². The molecule has 0 rings (SSSR count). The van der Waals surface area contributed by atoms with Crippen LogP contribution in [0.2, 0.25) is 32.7 Å². The van der Waals surface area contributed by atoms with Crippen molar-refractivity contribution in [2.45, 2.75) is 32.7 Å². The predicted octanol–water partition coefficient (Wildman–Crippen LogP) is 4.95. The Bertz CT molecular complexity index is 238. The van der Waals surface area contributed by atoms with Gasteiger partial charge in [-0.25, -0.2) is 0 Å². The van der Waals surface area contributed by atoms with Gasteiger partial charge in [-0.3, -0.25) is 0 Å². The van der Waals surface area contributed by atoms with Crippen LogP contribution in [-0.4, -0.2) is 37.1 Å². The molecule has 0 aromatic carbocycles. The van der Waals surface area contributed by atoms with Crippen LogP contribution in [-0.2, 0) is 0 Å². The van der Waals surface area contributed by atoms with Gasteiger partial charge in [0, 0.05) is 0 Å². The van der Waals surface area contributed by atoms with Crippen LogP contribution in [0.5, 0.6) is 0 Å². The van der Waals surface area contributed by atoms with E-state index >= 15 is 0 Å². The molecule has 0 N–H and O–H groups in total. The van der Waals surface area contributed by atoms with Gasteiger partial charge < -0.3 is 0 Å². The summed E-state index contributed by atoms with van der Waals surface area (Å²) in [5.41, 5.74) is 9.22. The van der Waals surface area contributed by atoms with Crippen molar-refractivity contribution in [3.8, 4) is 0 Å². The van der Waals surface area contributed by atoms with E-state index in [1.54, 1.807) is 0 Å². The fourth-order valence-electron chi connectivity index (χ4n) is 1.08. The minimum absolute atomic E-state index is 1.66. The molecule has 0 atom stereocenters. The van der Waals surface area contributed by atoms with Gasteiger partial charge in [-0.2, -0.15) is 0 Å². The quantitative estimate of drug-likeness (QED) is 0.515. The summed E-state index contributed by atoms with van der Waals surface area (Å²) < 4.78 is 0. The van der Waals surface area contributed by atoms with Gasteiger partial charge in [-0.15, -0.1) is 0 Å². The number of rotatable bonds is 4. The van der Waals surface area contributed by atoms with Gasteiger partial charge in [0.25, 0.3) is 0 Å². The first-order chi connectivity index (χ1) is 5.41. The SMILES string of the molecule is C[As](C)(=S)[S][Sn]([CH3])([CH3])[S][As](C)(C)=S. The summed E-state index contributed by atoms with van der Waals surface area (Å²) in [6, 6.07) is 0. The Balaban J connectivity index is 4.43. The predicted molar refractivity (Wildman–Crippen MR) is 82.8 cm³/mol. The maximum absolute atomic E-state index is 5.58. The molecule has 0 saturated carbocycles. The average Bonchev–Trinajstić information content (AvgIpc) is 1.43. The zero-order valence-electron chi connectivity index (χ0n) is 9.03. The third-order valence-electron chi connectivity index (χ3n) is 0.879. The van der Waals surface area contributed by atoms with Gasteiger partial charge in [0.05, 0.1) is 0 Å². The number of hydrogen-bond acceptors (Lipinski definition) is 4. The normalized spacial score (nSPS) is 14.6. The molecular weight excluding hydrogens is 469 g/mol. The molecule has 0 heterocycles. The zero-order chi connectivity index (χ0) is 10.9. The third-order valence-corrected chi connectivity index (χ3v) is 123. The third kappa shape index (κ3) is 11.3. The summed E-state index contributed by atoms with van der Waals surface area (Å²) in [5.74, 6) is 0. The molecule has 0 aromatic heterocycles. The van der Waals surface area contributed by atoms with E-state index in [4.69, 9.17) is 20.8 Å². The minimum atomic E-state index is -1.94. The number of hydrogen-bond donors (Lipinski definition) is 0. The molecule has 0 nitrogen and oxygen atoms in total. The molecule has 80 valence electrons. The molecule has 7 heteroatoms. The standard InChI is InChI=1S/2C2H7AsS2.2CH3.Sn/c2*1-3(2,4)5;;;/h2*1-2H3,(H,4,5);2*1H3;/q;;;;+2/p-2. The van der Waals surface area contributed by atoms with Crippen LogP contribution in [0.25, 0.3) is 0 Å². The first-order valence-corrected chi connectivity index (χ1v) is 35.6. The van der Waals surface area contributed by atoms with Crippen LogP contribution in [0.1, 0.15) is 0 Å². The summed E-state index contributed by atoms with van der Waals surface area (Å²) >= 11 is -1.94. The van der Waals surface area contributed by atoms with Crippen molar-refractivity contribution in [3.63, 3.8) is 0 Å². The molecule has 0 unspecified atom stereocenters. The summed E-state index contributed by atoms with van der Waals surface area (Å²) in [6.45, 7) is 0. The van der Waals surface area contributed by atoms with E-state index in [9.17, 15) is 0 Å². The first kappa shape index (κ1) is 16.1. The van der Waals surface area contributed by atoms with Crippen molar-refractivity contribution in [1.82, 2.24) is 0 Å². The molecular formula is C6H18As2S4Sn. The van der Waals surface area contributed by atoms with Crippen LogP contribution in [0.15, 0.2) is 0 Å². The Hall–Kier alpha value is 3.06. The summed E-state index contributed by atoms with van der Waals surface area (Å²) in [7, 11) is 12.3. The molecule has 0 aromatic rings. The molecule has 0 saturated heterocycles. The molecule has 0 aliphatic heterocycles. The van der Waals surface area contributed by atoms with Gasteiger partial charge in [-0.05, 0) is 0 Å². The second kappa shape index (κ2) is 5.60. The Morgan fingerprint density at radius 3 is 1.23 bits per heavy atom. The van der Waals surface area contributed by atoms with Gasteiger partial charge >= 0.3 is 105 Å². The van der Waals surface area contributed by atoms with Crippen molar-refractivity contribution >= 4 is 72.3 Å². The van der Waals surface area contributed by atoms with Crippen molar-refractivity contribution in [2.75, 3.05) is 0 Å². The molecule has 0 fully saturated rings. The van der Waals surface area contributed by atoms with Gasteiger partial charge in [0.2, 0.25) is 0 Å². The molecule has 0 aliphatic carbocycles. The van der Waals surface area contributed by atoms with Crippen molar-refractivity contribution in [3.05, 3.63) is 0 Å². The summed E-state index contributed by atoms with van der Waals surface area (Å²) in [5, 5.41) is 0. The van der Waals surface area contributed by atoms with Crippen LogP contribution in [0, 0.1) is 0 Å². The van der Waals surface area contributed by atoms with Crippen LogP contribution < -0.4 is 0 Å². The second-order valence-corrected chi connectivity index (χ2v) is 78.3. The summed E-state index contributed by atoms with van der Waals surface area (Å²) in [4.78, 5) is 4.96. The Labute approximate surface area is 103 Å². The maximum atomic E-state index is 5.58. The van der Waals surface area contributed by atoms with Crippen molar-refractivity contribution < 1.29 is 0 Å². The Morgan fingerprint density at radius 2 is 1.08 bits per heavy atom. The monoisotopic (exact) mass is 488 g/mol. The molecule has 13 heavy (non-hydrogen) atoms. The van der Waals surface area contributed by atoms with E-state index < -0.39 is 37.1 Å². The van der Waals surface area contributed by atoms with Crippen molar-refractivity contribution in [1.29, 1.82) is 0 Å². The van der Waals surface area contributed by atoms with E-state index in [2.05, 4.69) is 47.1 Å². The van der Waals surface area contributed by atoms with Crippen LogP contribution in [0.3, 0.4) is 0 Å². The zero-order valence-corrected chi connectivity index (χ0v) is 18.9. The molecule has 0 aliphatic rings. The first-order valence-electron chi connectivity index (χ1n) is 3.93. The Morgan fingerprint density at radius 1 is 0.846 bits per heavy atom. The van der Waals surface area contributed by atoms with E-state index in [0.717, 1.165) is 0 Å². The molecule has 0 spiro atoms. The van der Waals surface area contributed by atoms with Gasteiger partial charge in [-0.1, -0.05) is 0 Å². The van der Waals surface area contributed by atoms with Crippen LogP contribution >= 0.6 is 35.2 Å². The fourth-order valence-corrected chi connectivity index (χ4v) is 226.